The highest BCUT2D eigenvalue weighted by molar-refractivity contribution is 5.14. The van der Waals surface area contributed by atoms with Crippen molar-refractivity contribution in [3.05, 3.63) is 17.8 Å². The molecule has 0 spiro atoms. The Balaban J connectivity index is 2.00. The van der Waals surface area contributed by atoms with Gasteiger partial charge in [-0.3, -0.25) is 0 Å². The van der Waals surface area contributed by atoms with E-state index in [1.54, 1.807) is 7.11 Å². The lowest BCUT2D eigenvalue weighted by atomic mass is 10.1. The molecule has 1 aromatic heterocycles. The van der Waals surface area contributed by atoms with Crippen molar-refractivity contribution in [2.75, 3.05) is 13.7 Å². The standard InChI is InChI=1S/C13H21N3O/c1-3-8-14-12(9-10-4-5-10)11-6-7-13(17-2)16-15-11/h6-7,10,12,14H,3-5,8-9H2,1-2H3. The van der Waals surface area contributed by atoms with Crippen LogP contribution in [0.4, 0.5) is 0 Å². The summed E-state index contributed by atoms with van der Waals surface area (Å²) >= 11 is 0. The molecule has 0 aliphatic heterocycles. The Hall–Kier alpha value is -1.16. The molecule has 0 saturated heterocycles. The van der Waals surface area contributed by atoms with Crippen LogP contribution in [0, 0.1) is 5.92 Å². The maximum atomic E-state index is 5.03. The number of nitrogens with one attached hydrogen (secondary N) is 1. The predicted octanol–water partition coefficient (Wildman–Crippen LogP) is 2.33. The van der Waals surface area contributed by atoms with Gasteiger partial charge in [-0.15, -0.1) is 5.10 Å². The Bertz CT molecular complexity index is 335. The molecular weight excluding hydrogens is 214 g/mol. The summed E-state index contributed by atoms with van der Waals surface area (Å²) in [7, 11) is 1.61. The largest absolute Gasteiger partial charge is 0.480 e. The van der Waals surface area contributed by atoms with E-state index in [-0.39, 0.29) is 0 Å². The van der Waals surface area contributed by atoms with Crippen LogP contribution >= 0.6 is 0 Å². The van der Waals surface area contributed by atoms with E-state index >= 15 is 0 Å². The molecule has 17 heavy (non-hydrogen) atoms. The van der Waals surface area contributed by atoms with Crippen molar-refractivity contribution in [1.82, 2.24) is 15.5 Å². The quantitative estimate of drug-likeness (QED) is 0.788. The second-order valence-corrected chi connectivity index (χ2v) is 4.69. The molecule has 1 atom stereocenters. The Morgan fingerprint density at radius 3 is 2.76 bits per heavy atom. The Labute approximate surface area is 103 Å². The molecule has 1 N–H and O–H groups in total. The van der Waals surface area contributed by atoms with Crippen LogP contribution in [-0.2, 0) is 0 Å². The molecule has 1 aliphatic rings. The second kappa shape index (κ2) is 5.96. The van der Waals surface area contributed by atoms with Crippen LogP contribution in [0.1, 0.15) is 44.3 Å². The first kappa shape index (κ1) is 12.3. The fourth-order valence-corrected chi connectivity index (χ4v) is 1.94. The molecule has 4 nitrogen and oxygen atoms in total. The molecule has 1 aliphatic carbocycles. The van der Waals surface area contributed by atoms with Crippen molar-refractivity contribution in [2.24, 2.45) is 5.92 Å². The Morgan fingerprint density at radius 1 is 1.41 bits per heavy atom. The maximum absolute atomic E-state index is 5.03. The Kier molecular flexibility index (Phi) is 4.31. The van der Waals surface area contributed by atoms with Gasteiger partial charge in [0.1, 0.15) is 0 Å². The minimum absolute atomic E-state index is 0.348. The first-order chi connectivity index (χ1) is 8.33. The average molecular weight is 235 g/mol. The van der Waals surface area contributed by atoms with Gasteiger partial charge in [0.2, 0.25) is 5.88 Å². The monoisotopic (exact) mass is 235 g/mol. The second-order valence-electron chi connectivity index (χ2n) is 4.69. The molecule has 1 heterocycles. The third-order valence-electron chi connectivity index (χ3n) is 3.13. The van der Waals surface area contributed by atoms with Gasteiger partial charge in [0.15, 0.2) is 0 Å². The lowest BCUT2D eigenvalue weighted by molar-refractivity contribution is 0.387. The normalized spacial score (nSPS) is 16.8. The number of methoxy groups -OCH3 is 1. The summed E-state index contributed by atoms with van der Waals surface area (Å²) in [5.74, 6) is 1.46. The highest BCUT2D eigenvalue weighted by Gasteiger charge is 2.26. The molecule has 4 heteroatoms. The lowest BCUT2D eigenvalue weighted by Gasteiger charge is -2.17. The van der Waals surface area contributed by atoms with Gasteiger partial charge >= 0.3 is 0 Å². The number of hydrogen-bond acceptors (Lipinski definition) is 4. The molecule has 1 unspecified atom stereocenters. The van der Waals surface area contributed by atoms with E-state index in [0.717, 1.165) is 24.6 Å². The van der Waals surface area contributed by atoms with Crippen molar-refractivity contribution in [3.63, 3.8) is 0 Å². The molecule has 1 aromatic rings. The number of nitrogens with zero attached hydrogens (tertiary/aromatic N) is 2. The number of hydrogen-bond donors (Lipinski definition) is 1. The highest BCUT2D eigenvalue weighted by atomic mass is 16.5. The van der Waals surface area contributed by atoms with Crippen molar-refractivity contribution in [3.8, 4) is 5.88 Å². The van der Waals surface area contributed by atoms with Crippen LogP contribution in [-0.4, -0.2) is 23.9 Å². The van der Waals surface area contributed by atoms with Gasteiger partial charge in [-0.05, 0) is 31.4 Å². The molecule has 0 radical (unpaired) electrons. The smallest absolute Gasteiger partial charge is 0.233 e. The van der Waals surface area contributed by atoms with Gasteiger partial charge in [0.05, 0.1) is 18.8 Å². The van der Waals surface area contributed by atoms with Crippen molar-refractivity contribution < 1.29 is 4.74 Å². The zero-order valence-corrected chi connectivity index (χ0v) is 10.6. The summed E-state index contributed by atoms with van der Waals surface area (Å²) in [5.41, 5.74) is 1.03. The molecule has 0 bridgehead atoms. The van der Waals surface area contributed by atoms with Gasteiger partial charge in [0.25, 0.3) is 0 Å². The fraction of sp³-hybridized carbons (Fsp3) is 0.692. The van der Waals surface area contributed by atoms with Crippen LogP contribution in [0.25, 0.3) is 0 Å². The molecule has 1 saturated carbocycles. The maximum Gasteiger partial charge on any atom is 0.233 e. The average Bonchev–Trinajstić information content (AvgIpc) is 3.18. The lowest BCUT2D eigenvalue weighted by Crippen LogP contribution is -2.23. The third kappa shape index (κ3) is 3.66. The van der Waals surface area contributed by atoms with Crippen molar-refractivity contribution in [1.29, 1.82) is 0 Å². The summed E-state index contributed by atoms with van der Waals surface area (Å²) in [4.78, 5) is 0. The molecule has 2 rings (SSSR count). The van der Waals surface area contributed by atoms with Gasteiger partial charge < -0.3 is 10.1 Å². The highest BCUT2D eigenvalue weighted by Crippen LogP contribution is 2.37. The van der Waals surface area contributed by atoms with E-state index in [2.05, 4.69) is 22.4 Å². The summed E-state index contributed by atoms with van der Waals surface area (Å²) in [5, 5.41) is 11.8. The van der Waals surface area contributed by atoms with E-state index in [0.29, 0.717) is 11.9 Å². The summed E-state index contributed by atoms with van der Waals surface area (Å²) in [6.45, 7) is 3.21. The van der Waals surface area contributed by atoms with Crippen LogP contribution in [0.3, 0.4) is 0 Å². The molecular formula is C13H21N3O. The molecule has 94 valence electrons. The molecule has 1 fully saturated rings. The molecule has 0 aromatic carbocycles. The summed E-state index contributed by atoms with van der Waals surface area (Å²) in [6.07, 6.45) is 5.06. The predicted molar refractivity (Wildman–Crippen MR) is 67.0 cm³/mol. The number of rotatable bonds is 7. The summed E-state index contributed by atoms with van der Waals surface area (Å²) < 4.78 is 5.03. The zero-order chi connectivity index (χ0) is 12.1. The minimum Gasteiger partial charge on any atom is -0.480 e. The van der Waals surface area contributed by atoms with Gasteiger partial charge in [-0.2, -0.15) is 5.10 Å². The van der Waals surface area contributed by atoms with Gasteiger partial charge in [-0.1, -0.05) is 19.8 Å². The summed E-state index contributed by atoms with van der Waals surface area (Å²) in [6, 6.07) is 4.25. The first-order valence-corrected chi connectivity index (χ1v) is 6.44. The number of aromatic nitrogens is 2. The number of ether oxygens (including phenoxy) is 1. The topological polar surface area (TPSA) is 47.0 Å². The SMILES string of the molecule is CCCNC(CC1CC1)c1ccc(OC)nn1. The third-order valence-corrected chi connectivity index (χ3v) is 3.13. The van der Waals surface area contributed by atoms with Crippen molar-refractivity contribution >= 4 is 0 Å². The van der Waals surface area contributed by atoms with E-state index in [1.165, 1.54) is 19.3 Å². The van der Waals surface area contributed by atoms with Gasteiger partial charge in [-0.25, -0.2) is 0 Å². The minimum atomic E-state index is 0.348. The van der Waals surface area contributed by atoms with Crippen LogP contribution in [0.5, 0.6) is 5.88 Å². The van der Waals surface area contributed by atoms with E-state index in [1.807, 2.05) is 12.1 Å². The zero-order valence-electron chi connectivity index (χ0n) is 10.6. The van der Waals surface area contributed by atoms with E-state index in [4.69, 9.17) is 4.74 Å². The van der Waals surface area contributed by atoms with Crippen LogP contribution in [0.15, 0.2) is 12.1 Å². The fourth-order valence-electron chi connectivity index (χ4n) is 1.94. The first-order valence-electron chi connectivity index (χ1n) is 6.44. The van der Waals surface area contributed by atoms with E-state index in [9.17, 15) is 0 Å². The van der Waals surface area contributed by atoms with E-state index < -0.39 is 0 Å². The van der Waals surface area contributed by atoms with Gasteiger partial charge in [0, 0.05) is 6.07 Å². The van der Waals surface area contributed by atoms with Crippen molar-refractivity contribution in [2.45, 2.75) is 38.6 Å². The van der Waals surface area contributed by atoms with Crippen LogP contribution < -0.4 is 10.1 Å². The van der Waals surface area contributed by atoms with Crippen LogP contribution in [0.2, 0.25) is 0 Å². The molecule has 0 amide bonds. The Morgan fingerprint density at radius 2 is 2.24 bits per heavy atom.